The predicted molar refractivity (Wildman–Crippen MR) is 147 cm³/mol. The summed E-state index contributed by atoms with van der Waals surface area (Å²) < 4.78 is 0. The smallest absolute Gasteiger partial charge is 0.00262 e. The fourth-order valence-corrected chi connectivity index (χ4v) is 6.07. The van der Waals surface area contributed by atoms with E-state index in [1.807, 2.05) is 0 Å². The van der Waals surface area contributed by atoms with Crippen LogP contribution >= 0.6 is 0 Å². The van der Waals surface area contributed by atoms with Crippen molar-refractivity contribution in [3.8, 4) is 44.5 Å². The standard InChI is InChI=1S/C34H30/c1-21(2)28-31(24-13-7-5-8-14-24)32(25-15-9-6-10-16-25)29(22(3)4)34-27-20-12-18-23-17-11-19-26(30(23)27)33(28)34/h5-22H,1-4H3. The maximum atomic E-state index is 2.36. The normalized spacial score (nSPS) is 12.1. The summed E-state index contributed by atoms with van der Waals surface area (Å²) in [4.78, 5) is 0. The highest BCUT2D eigenvalue weighted by atomic mass is 14.4. The van der Waals surface area contributed by atoms with Gasteiger partial charge < -0.3 is 0 Å². The van der Waals surface area contributed by atoms with E-state index in [-0.39, 0.29) is 0 Å². The van der Waals surface area contributed by atoms with Crippen LogP contribution in [0, 0.1) is 0 Å². The van der Waals surface area contributed by atoms with Gasteiger partial charge in [0.05, 0.1) is 0 Å². The third-order valence-corrected chi connectivity index (χ3v) is 7.30. The zero-order valence-electron chi connectivity index (χ0n) is 20.4. The maximum Gasteiger partial charge on any atom is -0.00262 e. The van der Waals surface area contributed by atoms with E-state index in [4.69, 9.17) is 0 Å². The Morgan fingerprint density at radius 1 is 0.412 bits per heavy atom. The van der Waals surface area contributed by atoms with Crippen molar-refractivity contribution in [3.63, 3.8) is 0 Å². The Bertz CT molecular complexity index is 1410. The molecule has 0 heterocycles. The van der Waals surface area contributed by atoms with Crippen molar-refractivity contribution < 1.29 is 0 Å². The fourth-order valence-electron chi connectivity index (χ4n) is 6.07. The number of fused-ring (bicyclic) bond motifs is 3. The molecule has 0 heteroatoms. The van der Waals surface area contributed by atoms with Crippen molar-refractivity contribution in [1.82, 2.24) is 0 Å². The SMILES string of the molecule is CC(C)c1c(-c2ccccc2)c(-c2ccccc2)c(C(C)C)c2c1-c1cccc3cccc-2c13. The molecule has 34 heavy (non-hydrogen) atoms. The molecule has 5 aromatic carbocycles. The van der Waals surface area contributed by atoms with Crippen molar-refractivity contribution in [2.45, 2.75) is 39.5 Å². The summed E-state index contributed by atoms with van der Waals surface area (Å²) in [5, 5.41) is 2.74. The molecular formula is C34H30. The van der Waals surface area contributed by atoms with Gasteiger partial charge in [-0.1, -0.05) is 125 Å². The van der Waals surface area contributed by atoms with Gasteiger partial charge in [-0.05, 0) is 78.2 Å². The van der Waals surface area contributed by atoms with Gasteiger partial charge in [0.15, 0.2) is 0 Å². The molecule has 0 bridgehead atoms. The predicted octanol–water partition coefficient (Wildman–Crippen LogP) is 10.1. The van der Waals surface area contributed by atoms with Gasteiger partial charge in [-0.2, -0.15) is 0 Å². The molecule has 0 atom stereocenters. The summed E-state index contributed by atoms with van der Waals surface area (Å²) in [6, 6.07) is 35.7. The van der Waals surface area contributed by atoms with Crippen molar-refractivity contribution in [3.05, 3.63) is 108 Å². The summed E-state index contributed by atoms with van der Waals surface area (Å²) in [5.74, 6) is 0.773. The highest BCUT2D eigenvalue weighted by molar-refractivity contribution is 6.19. The van der Waals surface area contributed by atoms with Crippen LogP contribution in [0.2, 0.25) is 0 Å². The lowest BCUT2D eigenvalue weighted by Gasteiger charge is -2.28. The number of benzene rings is 5. The lowest BCUT2D eigenvalue weighted by atomic mass is 9.75. The molecule has 0 saturated carbocycles. The first-order valence-corrected chi connectivity index (χ1v) is 12.4. The topological polar surface area (TPSA) is 0 Å². The molecule has 0 fully saturated rings. The second-order valence-corrected chi connectivity index (χ2v) is 10.1. The van der Waals surface area contributed by atoms with Crippen LogP contribution in [0.5, 0.6) is 0 Å². The summed E-state index contributed by atoms with van der Waals surface area (Å²) in [6.45, 7) is 9.42. The Morgan fingerprint density at radius 3 is 1.21 bits per heavy atom. The number of hydrogen-bond acceptors (Lipinski definition) is 0. The first kappa shape index (κ1) is 20.9. The van der Waals surface area contributed by atoms with Gasteiger partial charge in [0.2, 0.25) is 0 Å². The lowest BCUT2D eigenvalue weighted by Crippen LogP contribution is -2.06. The van der Waals surface area contributed by atoms with Crippen LogP contribution in [0.15, 0.2) is 97.1 Å². The van der Waals surface area contributed by atoms with E-state index in [2.05, 4.69) is 125 Å². The van der Waals surface area contributed by atoms with Gasteiger partial charge in [-0.25, -0.2) is 0 Å². The second kappa shape index (κ2) is 7.99. The van der Waals surface area contributed by atoms with E-state index in [9.17, 15) is 0 Å². The van der Waals surface area contributed by atoms with Crippen LogP contribution < -0.4 is 0 Å². The average Bonchev–Trinajstić information content (AvgIpc) is 3.19. The molecule has 6 rings (SSSR count). The number of rotatable bonds is 4. The van der Waals surface area contributed by atoms with Crippen LogP contribution in [0.4, 0.5) is 0 Å². The Labute approximate surface area is 202 Å². The quantitative estimate of drug-likeness (QED) is 0.257. The molecule has 0 saturated heterocycles. The molecule has 0 amide bonds. The highest BCUT2D eigenvalue weighted by Gasteiger charge is 2.33. The molecule has 5 aromatic rings. The molecule has 1 aliphatic rings. The first-order chi connectivity index (χ1) is 16.6. The molecule has 0 N–H and O–H groups in total. The zero-order valence-corrected chi connectivity index (χ0v) is 20.4. The largest absolute Gasteiger partial charge is 0.0622 e. The minimum absolute atomic E-state index is 0.386. The third-order valence-electron chi connectivity index (χ3n) is 7.30. The van der Waals surface area contributed by atoms with E-state index in [0.717, 1.165) is 0 Å². The van der Waals surface area contributed by atoms with Crippen molar-refractivity contribution in [1.29, 1.82) is 0 Å². The van der Waals surface area contributed by atoms with Crippen LogP contribution in [0.1, 0.15) is 50.7 Å². The van der Waals surface area contributed by atoms with Gasteiger partial charge >= 0.3 is 0 Å². The van der Waals surface area contributed by atoms with Crippen molar-refractivity contribution in [2.24, 2.45) is 0 Å². The number of hydrogen-bond donors (Lipinski definition) is 0. The molecule has 0 radical (unpaired) electrons. The van der Waals surface area contributed by atoms with Gasteiger partial charge in [-0.3, -0.25) is 0 Å². The van der Waals surface area contributed by atoms with Gasteiger partial charge in [-0.15, -0.1) is 0 Å². The second-order valence-electron chi connectivity index (χ2n) is 10.1. The molecule has 0 unspecified atom stereocenters. The van der Waals surface area contributed by atoms with Gasteiger partial charge in [0, 0.05) is 0 Å². The summed E-state index contributed by atoms with van der Waals surface area (Å²) in [6.07, 6.45) is 0. The molecule has 166 valence electrons. The van der Waals surface area contributed by atoms with E-state index in [0.29, 0.717) is 11.8 Å². The Kier molecular flexibility index (Phi) is 4.92. The summed E-state index contributed by atoms with van der Waals surface area (Å²) >= 11 is 0. The Hall–Kier alpha value is -3.64. The first-order valence-electron chi connectivity index (χ1n) is 12.4. The van der Waals surface area contributed by atoms with Crippen LogP contribution in [0.25, 0.3) is 55.3 Å². The van der Waals surface area contributed by atoms with Crippen molar-refractivity contribution in [2.75, 3.05) is 0 Å². The van der Waals surface area contributed by atoms with Crippen LogP contribution in [0.3, 0.4) is 0 Å². The molecule has 0 spiro atoms. The molecule has 0 nitrogen and oxygen atoms in total. The molecule has 0 aliphatic heterocycles. The Morgan fingerprint density at radius 2 is 0.824 bits per heavy atom. The zero-order chi connectivity index (χ0) is 23.4. The maximum absolute atomic E-state index is 2.36. The van der Waals surface area contributed by atoms with Gasteiger partial charge in [0.1, 0.15) is 0 Å². The molecule has 0 aromatic heterocycles. The van der Waals surface area contributed by atoms with Crippen LogP contribution in [-0.4, -0.2) is 0 Å². The lowest BCUT2D eigenvalue weighted by molar-refractivity contribution is 0.854. The Balaban J connectivity index is 1.90. The van der Waals surface area contributed by atoms with E-state index < -0.39 is 0 Å². The van der Waals surface area contributed by atoms with E-state index in [1.54, 1.807) is 0 Å². The third kappa shape index (κ3) is 2.98. The minimum atomic E-state index is 0.386. The van der Waals surface area contributed by atoms with E-state index >= 15 is 0 Å². The molecular weight excluding hydrogens is 408 g/mol. The van der Waals surface area contributed by atoms with E-state index in [1.165, 1.54) is 66.4 Å². The minimum Gasteiger partial charge on any atom is -0.0622 e. The van der Waals surface area contributed by atoms with Gasteiger partial charge in [0.25, 0.3) is 0 Å². The molecule has 1 aliphatic carbocycles. The monoisotopic (exact) mass is 438 g/mol. The summed E-state index contributed by atoms with van der Waals surface area (Å²) in [7, 11) is 0. The van der Waals surface area contributed by atoms with Crippen LogP contribution in [-0.2, 0) is 0 Å². The van der Waals surface area contributed by atoms with Crippen molar-refractivity contribution >= 4 is 10.8 Å². The average molecular weight is 439 g/mol. The highest BCUT2D eigenvalue weighted by Crippen LogP contribution is 2.58. The fraction of sp³-hybridized carbons (Fsp3) is 0.176. The summed E-state index contributed by atoms with van der Waals surface area (Å²) in [5.41, 5.74) is 14.0.